The number of hydrogen-bond acceptors (Lipinski definition) is 3. The summed E-state index contributed by atoms with van der Waals surface area (Å²) in [5, 5.41) is 14.0. The molecule has 5 nitrogen and oxygen atoms in total. The molecule has 2 aromatic rings. The van der Waals surface area contributed by atoms with Crippen LogP contribution in [0, 0.1) is 13.7 Å². The lowest BCUT2D eigenvalue weighted by atomic mass is 10.2. The van der Waals surface area contributed by atoms with Crippen LogP contribution < -0.4 is 5.32 Å². The lowest BCUT2D eigenvalue weighted by Gasteiger charge is -2.06. The third-order valence-electron chi connectivity index (χ3n) is 2.46. The molecule has 0 saturated carbocycles. The number of benzene rings is 2. The number of nitrogens with zero attached hydrogens (tertiary/aromatic N) is 1. The van der Waals surface area contributed by atoms with Gasteiger partial charge in [-0.3, -0.25) is 14.9 Å². The molecule has 0 spiro atoms. The first-order chi connectivity index (χ1) is 9.45. The van der Waals surface area contributed by atoms with Crippen LogP contribution in [-0.2, 0) is 0 Å². The normalized spacial score (nSPS) is 10.1. The number of halogens is 2. The maximum atomic E-state index is 12.1. The summed E-state index contributed by atoms with van der Waals surface area (Å²) >= 11 is 7.68. The molecule has 0 aliphatic rings. The molecule has 2 rings (SSSR count). The summed E-state index contributed by atoms with van der Waals surface area (Å²) in [5.74, 6) is -0.408. The van der Waals surface area contributed by atoms with Crippen molar-refractivity contribution in [3.63, 3.8) is 0 Å². The van der Waals surface area contributed by atoms with Crippen LogP contribution in [0.1, 0.15) is 10.4 Å². The zero-order chi connectivity index (χ0) is 14.7. The van der Waals surface area contributed by atoms with Crippen LogP contribution in [0.5, 0.6) is 0 Å². The van der Waals surface area contributed by atoms with Gasteiger partial charge >= 0.3 is 0 Å². The molecule has 0 aliphatic heterocycles. The molecule has 102 valence electrons. The Bertz CT molecular complexity index is 674. The monoisotopic (exact) mass is 402 g/mol. The highest BCUT2D eigenvalue weighted by Crippen LogP contribution is 2.20. The lowest BCUT2D eigenvalue weighted by molar-refractivity contribution is -0.385. The summed E-state index contributed by atoms with van der Waals surface area (Å²) in [5.41, 5.74) is 0.692. The van der Waals surface area contributed by atoms with E-state index in [1.807, 2.05) is 22.6 Å². The van der Waals surface area contributed by atoms with Crippen LogP contribution in [0.4, 0.5) is 11.4 Å². The Morgan fingerprint density at radius 3 is 2.45 bits per heavy atom. The van der Waals surface area contributed by atoms with Gasteiger partial charge in [0.25, 0.3) is 11.6 Å². The molecule has 0 aromatic heterocycles. The van der Waals surface area contributed by atoms with Gasteiger partial charge in [-0.2, -0.15) is 0 Å². The van der Waals surface area contributed by atoms with Crippen molar-refractivity contribution >= 4 is 51.5 Å². The standard InChI is InChI=1S/C13H8ClIN2O3/c14-9-1-3-11(4-2-9)16-13(18)8-5-10(15)7-12(6-8)17(19)20/h1-7H,(H,16,18). The molecule has 0 radical (unpaired) electrons. The predicted octanol–water partition coefficient (Wildman–Crippen LogP) is 4.11. The number of nitro benzene ring substituents is 1. The first-order valence-electron chi connectivity index (χ1n) is 5.47. The van der Waals surface area contributed by atoms with E-state index in [0.717, 1.165) is 0 Å². The van der Waals surface area contributed by atoms with E-state index in [0.29, 0.717) is 14.3 Å². The fourth-order valence-corrected chi connectivity index (χ4v) is 2.33. The van der Waals surface area contributed by atoms with E-state index in [9.17, 15) is 14.9 Å². The molecule has 0 heterocycles. The number of hydrogen-bond donors (Lipinski definition) is 1. The Morgan fingerprint density at radius 1 is 1.20 bits per heavy atom. The zero-order valence-electron chi connectivity index (χ0n) is 9.97. The number of amides is 1. The van der Waals surface area contributed by atoms with E-state index >= 15 is 0 Å². The van der Waals surface area contributed by atoms with E-state index in [1.165, 1.54) is 12.1 Å². The Labute approximate surface area is 133 Å². The largest absolute Gasteiger partial charge is 0.322 e. The van der Waals surface area contributed by atoms with Gasteiger partial charge in [0, 0.05) is 32.0 Å². The van der Waals surface area contributed by atoms with Crippen molar-refractivity contribution in [1.82, 2.24) is 0 Å². The van der Waals surface area contributed by atoms with Crippen molar-refractivity contribution in [2.45, 2.75) is 0 Å². The second-order valence-corrected chi connectivity index (χ2v) is 5.60. The lowest BCUT2D eigenvalue weighted by Crippen LogP contribution is -2.12. The number of rotatable bonds is 3. The molecule has 0 aliphatic carbocycles. The molecule has 1 amide bonds. The topological polar surface area (TPSA) is 72.2 Å². The van der Waals surface area contributed by atoms with Crippen molar-refractivity contribution in [2.75, 3.05) is 5.32 Å². The van der Waals surface area contributed by atoms with Gasteiger partial charge in [0.1, 0.15) is 0 Å². The van der Waals surface area contributed by atoms with Gasteiger partial charge in [-0.1, -0.05) is 11.6 Å². The first-order valence-corrected chi connectivity index (χ1v) is 6.93. The molecule has 0 saturated heterocycles. The first kappa shape index (κ1) is 14.7. The summed E-state index contributed by atoms with van der Waals surface area (Å²) < 4.78 is 0.623. The Balaban J connectivity index is 2.25. The van der Waals surface area contributed by atoms with Crippen molar-refractivity contribution < 1.29 is 9.72 Å². The van der Waals surface area contributed by atoms with Crippen LogP contribution in [0.15, 0.2) is 42.5 Å². The van der Waals surface area contributed by atoms with Crippen LogP contribution in [-0.4, -0.2) is 10.8 Å². The highest BCUT2D eigenvalue weighted by atomic mass is 127. The zero-order valence-corrected chi connectivity index (χ0v) is 12.9. The van der Waals surface area contributed by atoms with Crippen molar-refractivity contribution in [3.8, 4) is 0 Å². The molecular formula is C13H8ClIN2O3. The quantitative estimate of drug-likeness (QED) is 0.477. The number of carbonyl (C=O) groups excluding carboxylic acids is 1. The van der Waals surface area contributed by atoms with Crippen molar-refractivity contribution in [3.05, 3.63) is 66.7 Å². The smallest absolute Gasteiger partial charge is 0.271 e. The van der Waals surface area contributed by atoms with E-state index < -0.39 is 10.8 Å². The average Bonchev–Trinajstić information content (AvgIpc) is 2.40. The number of nitro groups is 1. The summed E-state index contributed by atoms with van der Waals surface area (Å²) in [6.07, 6.45) is 0. The second kappa shape index (κ2) is 6.19. The van der Waals surface area contributed by atoms with E-state index in [2.05, 4.69) is 5.32 Å². The van der Waals surface area contributed by atoms with E-state index in [1.54, 1.807) is 30.3 Å². The third kappa shape index (κ3) is 3.67. The van der Waals surface area contributed by atoms with Gasteiger partial charge in [-0.05, 0) is 52.9 Å². The van der Waals surface area contributed by atoms with E-state index in [-0.39, 0.29) is 11.3 Å². The Hall–Kier alpha value is -1.67. The molecule has 0 atom stereocenters. The third-order valence-corrected chi connectivity index (χ3v) is 3.33. The maximum absolute atomic E-state index is 12.1. The van der Waals surface area contributed by atoms with Crippen molar-refractivity contribution in [2.24, 2.45) is 0 Å². The predicted molar refractivity (Wildman–Crippen MR) is 85.2 cm³/mol. The van der Waals surface area contributed by atoms with Crippen LogP contribution in [0.25, 0.3) is 0 Å². The van der Waals surface area contributed by atoms with Crippen molar-refractivity contribution in [1.29, 1.82) is 0 Å². The SMILES string of the molecule is O=C(Nc1ccc(Cl)cc1)c1cc(I)cc([N+](=O)[O-])c1. The Morgan fingerprint density at radius 2 is 1.85 bits per heavy atom. The minimum Gasteiger partial charge on any atom is -0.322 e. The summed E-state index contributed by atoms with van der Waals surface area (Å²) in [7, 11) is 0. The van der Waals surface area contributed by atoms with Crippen LogP contribution in [0.3, 0.4) is 0 Å². The molecule has 20 heavy (non-hydrogen) atoms. The van der Waals surface area contributed by atoms with Gasteiger partial charge in [-0.15, -0.1) is 0 Å². The summed E-state index contributed by atoms with van der Waals surface area (Å²) in [4.78, 5) is 22.3. The van der Waals surface area contributed by atoms with E-state index in [4.69, 9.17) is 11.6 Å². The molecule has 0 unspecified atom stereocenters. The number of carbonyl (C=O) groups is 1. The van der Waals surface area contributed by atoms with Gasteiger partial charge < -0.3 is 5.32 Å². The highest BCUT2D eigenvalue weighted by molar-refractivity contribution is 14.1. The number of non-ortho nitro benzene ring substituents is 1. The van der Waals surface area contributed by atoms with Gasteiger partial charge in [0.15, 0.2) is 0 Å². The summed E-state index contributed by atoms with van der Waals surface area (Å²) in [6.45, 7) is 0. The van der Waals surface area contributed by atoms with Gasteiger partial charge in [-0.25, -0.2) is 0 Å². The fourth-order valence-electron chi connectivity index (χ4n) is 1.55. The highest BCUT2D eigenvalue weighted by Gasteiger charge is 2.13. The Kier molecular flexibility index (Phi) is 4.56. The average molecular weight is 403 g/mol. The fraction of sp³-hybridized carbons (Fsp3) is 0. The molecule has 7 heteroatoms. The minimum absolute atomic E-state index is 0.113. The van der Waals surface area contributed by atoms with Gasteiger partial charge in [0.2, 0.25) is 0 Å². The molecular weight excluding hydrogens is 395 g/mol. The maximum Gasteiger partial charge on any atom is 0.271 e. The van der Waals surface area contributed by atoms with Gasteiger partial charge in [0.05, 0.1) is 4.92 Å². The molecule has 0 fully saturated rings. The molecule has 1 N–H and O–H groups in total. The summed E-state index contributed by atoms with van der Waals surface area (Å²) in [6, 6.07) is 10.8. The molecule has 0 bridgehead atoms. The number of nitrogens with one attached hydrogen (secondary N) is 1. The second-order valence-electron chi connectivity index (χ2n) is 3.92. The number of anilines is 1. The van der Waals surface area contributed by atoms with Crippen LogP contribution in [0.2, 0.25) is 5.02 Å². The van der Waals surface area contributed by atoms with Crippen LogP contribution >= 0.6 is 34.2 Å². The minimum atomic E-state index is -0.527. The molecule has 2 aromatic carbocycles.